The van der Waals surface area contributed by atoms with Gasteiger partial charge in [-0.2, -0.15) is 0 Å². The Bertz CT molecular complexity index is 485. The zero-order valence-electron chi connectivity index (χ0n) is 12.6. The molecule has 0 fully saturated rings. The molecule has 0 aromatic heterocycles. The van der Waals surface area contributed by atoms with Gasteiger partial charge in [-0.25, -0.2) is 0 Å². The van der Waals surface area contributed by atoms with Gasteiger partial charge in [0.1, 0.15) is 5.75 Å². The summed E-state index contributed by atoms with van der Waals surface area (Å²) in [6, 6.07) is 7.25. The number of nitrogens with zero attached hydrogens (tertiary/aromatic N) is 1. The molecule has 2 N–H and O–H groups in total. The molecule has 0 aliphatic heterocycles. The van der Waals surface area contributed by atoms with Crippen molar-refractivity contribution >= 4 is 39.2 Å². The Morgan fingerprint density at radius 1 is 1.36 bits per heavy atom. The second-order valence-electron chi connectivity index (χ2n) is 4.41. The van der Waals surface area contributed by atoms with E-state index in [1.807, 2.05) is 12.1 Å². The van der Waals surface area contributed by atoms with Crippen LogP contribution in [-0.4, -0.2) is 49.9 Å². The van der Waals surface area contributed by atoms with E-state index in [4.69, 9.17) is 21.7 Å². The number of thiocarbonyl (C=S) groups is 1. The molecule has 6 nitrogen and oxygen atoms in total. The Balaban J connectivity index is 2.25. The number of halogens is 1. The van der Waals surface area contributed by atoms with E-state index in [0.29, 0.717) is 24.0 Å². The minimum Gasteiger partial charge on any atom is -0.484 e. The first-order chi connectivity index (χ1) is 10.5. The zero-order chi connectivity index (χ0) is 16.4. The summed E-state index contributed by atoms with van der Waals surface area (Å²) in [5.41, 5.74) is 2.63. The number of rotatable bonds is 7. The van der Waals surface area contributed by atoms with Crippen molar-refractivity contribution in [3.8, 4) is 5.75 Å². The number of hydrazine groups is 1. The number of ether oxygens (including phenoxy) is 2. The fourth-order valence-corrected chi connectivity index (χ4v) is 1.89. The van der Waals surface area contributed by atoms with Crippen LogP contribution in [0.1, 0.15) is 6.42 Å². The Morgan fingerprint density at radius 3 is 2.68 bits per heavy atom. The first-order valence-corrected chi connectivity index (χ1v) is 7.91. The predicted octanol–water partition coefficient (Wildman–Crippen LogP) is 1.70. The minimum absolute atomic E-state index is 0.0851. The van der Waals surface area contributed by atoms with E-state index < -0.39 is 0 Å². The van der Waals surface area contributed by atoms with Crippen molar-refractivity contribution < 1.29 is 14.3 Å². The summed E-state index contributed by atoms with van der Waals surface area (Å²) in [6.45, 7) is 1.26. The normalized spacial score (nSPS) is 9.95. The van der Waals surface area contributed by atoms with E-state index in [0.717, 1.165) is 10.9 Å². The van der Waals surface area contributed by atoms with Gasteiger partial charge in [-0.1, -0.05) is 15.9 Å². The molecule has 1 amide bonds. The van der Waals surface area contributed by atoms with Gasteiger partial charge in [0, 0.05) is 31.8 Å². The van der Waals surface area contributed by atoms with Crippen molar-refractivity contribution in [1.29, 1.82) is 0 Å². The SMILES string of the molecule is COCCCNC(=S)N(C)NC(=O)COc1ccc(Br)cc1. The fourth-order valence-electron chi connectivity index (χ4n) is 1.48. The van der Waals surface area contributed by atoms with Crippen LogP contribution in [0.4, 0.5) is 0 Å². The molecule has 0 radical (unpaired) electrons. The van der Waals surface area contributed by atoms with Crippen molar-refractivity contribution in [2.24, 2.45) is 0 Å². The van der Waals surface area contributed by atoms with Crippen LogP contribution >= 0.6 is 28.1 Å². The number of nitrogens with one attached hydrogen (secondary N) is 2. The predicted molar refractivity (Wildman–Crippen MR) is 92.6 cm³/mol. The number of benzene rings is 1. The molecule has 0 saturated heterocycles. The van der Waals surface area contributed by atoms with Crippen molar-refractivity contribution in [2.45, 2.75) is 6.42 Å². The molecule has 0 aliphatic carbocycles. The van der Waals surface area contributed by atoms with Crippen LogP contribution in [0.25, 0.3) is 0 Å². The van der Waals surface area contributed by atoms with Crippen molar-refractivity contribution in [1.82, 2.24) is 15.8 Å². The molecule has 122 valence electrons. The largest absolute Gasteiger partial charge is 0.484 e. The topological polar surface area (TPSA) is 62.8 Å². The number of hydrogen-bond donors (Lipinski definition) is 2. The molecular formula is C14H20BrN3O3S. The summed E-state index contributed by atoms with van der Waals surface area (Å²) >= 11 is 8.48. The molecule has 22 heavy (non-hydrogen) atoms. The maximum Gasteiger partial charge on any atom is 0.276 e. The highest BCUT2D eigenvalue weighted by Crippen LogP contribution is 2.15. The van der Waals surface area contributed by atoms with Crippen LogP contribution in [0.3, 0.4) is 0 Å². The second-order valence-corrected chi connectivity index (χ2v) is 5.72. The van der Waals surface area contributed by atoms with E-state index in [-0.39, 0.29) is 12.5 Å². The lowest BCUT2D eigenvalue weighted by atomic mass is 10.3. The van der Waals surface area contributed by atoms with E-state index in [1.165, 1.54) is 5.01 Å². The molecular weight excluding hydrogens is 370 g/mol. The first kappa shape index (κ1) is 18.7. The van der Waals surface area contributed by atoms with Crippen LogP contribution in [0.15, 0.2) is 28.7 Å². The van der Waals surface area contributed by atoms with Gasteiger partial charge in [0.25, 0.3) is 5.91 Å². The summed E-state index contributed by atoms with van der Waals surface area (Å²) in [4.78, 5) is 11.8. The number of hydrogen-bond acceptors (Lipinski definition) is 4. The molecule has 1 aromatic carbocycles. The van der Waals surface area contributed by atoms with Gasteiger partial charge >= 0.3 is 0 Å². The summed E-state index contributed by atoms with van der Waals surface area (Å²) in [6.07, 6.45) is 0.838. The third-order valence-electron chi connectivity index (χ3n) is 2.58. The van der Waals surface area contributed by atoms with Gasteiger partial charge in [-0.15, -0.1) is 0 Å². The smallest absolute Gasteiger partial charge is 0.276 e. The van der Waals surface area contributed by atoms with Gasteiger partial charge < -0.3 is 14.8 Å². The number of carbonyl (C=O) groups is 1. The van der Waals surface area contributed by atoms with Gasteiger partial charge in [0.2, 0.25) is 0 Å². The second kappa shape index (κ2) is 10.4. The highest BCUT2D eigenvalue weighted by molar-refractivity contribution is 9.10. The van der Waals surface area contributed by atoms with Gasteiger partial charge in [-0.3, -0.25) is 15.2 Å². The van der Waals surface area contributed by atoms with Crippen LogP contribution < -0.4 is 15.5 Å². The Morgan fingerprint density at radius 2 is 2.05 bits per heavy atom. The molecule has 8 heteroatoms. The first-order valence-electron chi connectivity index (χ1n) is 6.71. The molecule has 0 bridgehead atoms. The van der Waals surface area contributed by atoms with Gasteiger partial charge in [0.05, 0.1) is 0 Å². The molecule has 0 atom stereocenters. The average molecular weight is 390 g/mol. The maximum atomic E-state index is 11.8. The number of amides is 1. The van der Waals surface area contributed by atoms with E-state index in [1.54, 1.807) is 26.3 Å². The fraction of sp³-hybridized carbons (Fsp3) is 0.429. The highest BCUT2D eigenvalue weighted by Gasteiger charge is 2.08. The van der Waals surface area contributed by atoms with Crippen LogP contribution in [0.5, 0.6) is 5.75 Å². The molecule has 0 aliphatic rings. The summed E-state index contributed by atoms with van der Waals surface area (Å²) in [5, 5.41) is 4.91. The van der Waals surface area contributed by atoms with E-state index in [9.17, 15) is 4.79 Å². The molecule has 0 spiro atoms. The highest BCUT2D eigenvalue weighted by atomic mass is 79.9. The lowest BCUT2D eigenvalue weighted by molar-refractivity contribution is -0.126. The van der Waals surface area contributed by atoms with Crippen molar-refractivity contribution in [3.05, 3.63) is 28.7 Å². The summed E-state index contributed by atoms with van der Waals surface area (Å²) in [5.74, 6) is 0.340. The lowest BCUT2D eigenvalue weighted by Crippen LogP contribution is -2.49. The quantitative estimate of drug-likeness (QED) is 0.420. The van der Waals surface area contributed by atoms with Crippen LogP contribution in [0, 0.1) is 0 Å². The molecule has 1 rings (SSSR count). The van der Waals surface area contributed by atoms with Crippen molar-refractivity contribution in [3.63, 3.8) is 0 Å². The van der Waals surface area contributed by atoms with Gasteiger partial charge in [-0.05, 0) is 42.9 Å². The summed E-state index contributed by atoms with van der Waals surface area (Å²) < 4.78 is 11.3. The van der Waals surface area contributed by atoms with Crippen LogP contribution in [0.2, 0.25) is 0 Å². The van der Waals surface area contributed by atoms with Crippen molar-refractivity contribution in [2.75, 3.05) is 33.9 Å². The standard InChI is InChI=1S/C14H20BrN3O3S/c1-18(14(22)16-8-3-9-20-2)17-13(19)10-21-12-6-4-11(15)5-7-12/h4-7H,3,8-10H2,1-2H3,(H,16,22)(H,17,19). The molecule has 0 heterocycles. The molecule has 1 aromatic rings. The number of methoxy groups -OCH3 is 1. The molecule has 0 unspecified atom stereocenters. The average Bonchev–Trinajstić information content (AvgIpc) is 2.50. The monoisotopic (exact) mass is 389 g/mol. The third kappa shape index (κ3) is 7.58. The number of carbonyl (C=O) groups excluding carboxylic acids is 1. The van der Waals surface area contributed by atoms with Crippen LogP contribution in [-0.2, 0) is 9.53 Å². The summed E-state index contributed by atoms with van der Waals surface area (Å²) in [7, 11) is 3.32. The molecule has 0 saturated carbocycles. The maximum absolute atomic E-state index is 11.8. The third-order valence-corrected chi connectivity index (χ3v) is 3.53. The van der Waals surface area contributed by atoms with E-state index in [2.05, 4.69) is 26.7 Å². The Hall–Kier alpha value is -1.38. The van der Waals surface area contributed by atoms with Gasteiger partial charge in [0.15, 0.2) is 11.7 Å². The Labute approximate surface area is 144 Å². The minimum atomic E-state index is -0.286. The Kier molecular flexibility index (Phi) is 8.79. The zero-order valence-corrected chi connectivity index (χ0v) is 15.0. The van der Waals surface area contributed by atoms with E-state index >= 15 is 0 Å². The lowest BCUT2D eigenvalue weighted by Gasteiger charge is -2.21.